The van der Waals surface area contributed by atoms with E-state index in [-0.39, 0.29) is 17.9 Å². The first kappa shape index (κ1) is 15.1. The number of esters is 1. The smallest absolute Gasteiger partial charge is 0.478 e. The van der Waals surface area contributed by atoms with E-state index >= 15 is 0 Å². The van der Waals surface area contributed by atoms with Gasteiger partial charge in [-0.2, -0.15) is 0 Å². The highest BCUT2D eigenvalue weighted by atomic mass is 19.4. The van der Waals surface area contributed by atoms with Crippen LogP contribution >= 0.6 is 0 Å². The van der Waals surface area contributed by atoms with Crippen LogP contribution in [0.1, 0.15) is 23.0 Å². The Morgan fingerprint density at radius 2 is 2.05 bits per heavy atom. The molecule has 0 aromatic carbocycles. The number of carbonyl (C=O) groups excluding carboxylic acids is 1. The summed E-state index contributed by atoms with van der Waals surface area (Å²) >= 11 is 0. The fourth-order valence-corrected chi connectivity index (χ4v) is 1.32. The van der Waals surface area contributed by atoms with E-state index < -0.39 is 24.0 Å². The molecule has 0 aliphatic carbocycles. The van der Waals surface area contributed by atoms with Gasteiger partial charge in [0.25, 0.3) is 5.88 Å². The maximum Gasteiger partial charge on any atom is 0.573 e. The maximum absolute atomic E-state index is 12.2. The van der Waals surface area contributed by atoms with E-state index in [9.17, 15) is 18.0 Å². The number of rotatable bonds is 4. The standard InChI is InChI=1S/C11H12F3NO4/c1-4-18-10(16)8-6(2)5-7(9(15-8)17-3)19-11(12,13)14/h5H,4H2,1-3H3. The molecule has 106 valence electrons. The van der Waals surface area contributed by atoms with Gasteiger partial charge in [-0.1, -0.05) is 0 Å². The summed E-state index contributed by atoms with van der Waals surface area (Å²) in [6.45, 7) is 3.15. The second kappa shape index (κ2) is 5.77. The Morgan fingerprint density at radius 1 is 1.42 bits per heavy atom. The fourth-order valence-electron chi connectivity index (χ4n) is 1.32. The molecule has 0 aliphatic heterocycles. The number of carbonyl (C=O) groups is 1. The lowest BCUT2D eigenvalue weighted by atomic mass is 10.2. The first-order valence-corrected chi connectivity index (χ1v) is 5.27. The van der Waals surface area contributed by atoms with Crippen molar-refractivity contribution >= 4 is 5.97 Å². The molecule has 1 heterocycles. The molecule has 0 amide bonds. The molecule has 5 nitrogen and oxygen atoms in total. The van der Waals surface area contributed by atoms with Gasteiger partial charge < -0.3 is 14.2 Å². The third-order valence-corrected chi connectivity index (χ3v) is 2.03. The van der Waals surface area contributed by atoms with Crippen LogP contribution in [0.4, 0.5) is 13.2 Å². The van der Waals surface area contributed by atoms with Gasteiger partial charge >= 0.3 is 12.3 Å². The average Bonchev–Trinajstić information content (AvgIpc) is 2.27. The van der Waals surface area contributed by atoms with Crippen LogP contribution in [-0.4, -0.2) is 31.0 Å². The minimum Gasteiger partial charge on any atom is -0.478 e. The molecule has 0 N–H and O–H groups in total. The van der Waals surface area contributed by atoms with Gasteiger partial charge in [-0.25, -0.2) is 9.78 Å². The number of aryl methyl sites for hydroxylation is 1. The lowest BCUT2D eigenvalue weighted by Crippen LogP contribution is -2.19. The Morgan fingerprint density at radius 3 is 2.53 bits per heavy atom. The highest BCUT2D eigenvalue weighted by molar-refractivity contribution is 5.89. The van der Waals surface area contributed by atoms with E-state index in [1.165, 1.54) is 6.92 Å². The van der Waals surface area contributed by atoms with Gasteiger partial charge in [0.2, 0.25) is 0 Å². The number of ether oxygens (including phenoxy) is 3. The summed E-state index contributed by atoms with van der Waals surface area (Å²) < 4.78 is 49.7. The molecule has 0 saturated heterocycles. The molecule has 0 aliphatic rings. The Hall–Kier alpha value is -1.99. The van der Waals surface area contributed by atoms with Crippen molar-refractivity contribution in [3.8, 4) is 11.6 Å². The predicted molar refractivity (Wildman–Crippen MR) is 58.2 cm³/mol. The molecule has 8 heteroatoms. The Labute approximate surface area is 107 Å². The largest absolute Gasteiger partial charge is 0.573 e. The number of alkyl halides is 3. The van der Waals surface area contributed by atoms with E-state index in [4.69, 9.17) is 4.74 Å². The summed E-state index contributed by atoms with van der Waals surface area (Å²) in [5.41, 5.74) is 0.0757. The van der Waals surface area contributed by atoms with Crippen molar-refractivity contribution in [1.82, 2.24) is 4.98 Å². The van der Waals surface area contributed by atoms with Crippen molar-refractivity contribution < 1.29 is 32.2 Å². The summed E-state index contributed by atoms with van der Waals surface area (Å²) in [7, 11) is 1.12. The number of methoxy groups -OCH3 is 1. The number of aromatic nitrogens is 1. The molecule has 0 fully saturated rings. The second-order valence-corrected chi connectivity index (χ2v) is 3.43. The van der Waals surface area contributed by atoms with Crippen molar-refractivity contribution in [2.75, 3.05) is 13.7 Å². The third-order valence-electron chi connectivity index (χ3n) is 2.03. The van der Waals surface area contributed by atoms with Crippen molar-refractivity contribution in [1.29, 1.82) is 0 Å². The third kappa shape index (κ3) is 4.01. The lowest BCUT2D eigenvalue weighted by Gasteiger charge is -2.14. The monoisotopic (exact) mass is 279 g/mol. The molecule has 0 radical (unpaired) electrons. The zero-order valence-electron chi connectivity index (χ0n) is 10.5. The van der Waals surface area contributed by atoms with Gasteiger partial charge in [-0.05, 0) is 25.5 Å². The summed E-state index contributed by atoms with van der Waals surface area (Å²) in [5, 5.41) is 0. The molecule has 0 spiro atoms. The van der Waals surface area contributed by atoms with Crippen LogP contribution in [0.15, 0.2) is 6.07 Å². The summed E-state index contributed by atoms with van der Waals surface area (Å²) in [5.74, 6) is -1.79. The highest BCUT2D eigenvalue weighted by Gasteiger charge is 2.33. The van der Waals surface area contributed by atoms with Crippen molar-refractivity contribution in [2.24, 2.45) is 0 Å². The molecule has 1 aromatic heterocycles. The second-order valence-electron chi connectivity index (χ2n) is 3.43. The molecule has 0 saturated carbocycles. The van der Waals surface area contributed by atoms with E-state index in [0.717, 1.165) is 13.2 Å². The van der Waals surface area contributed by atoms with Crippen LogP contribution in [0.2, 0.25) is 0 Å². The highest BCUT2D eigenvalue weighted by Crippen LogP contribution is 2.32. The van der Waals surface area contributed by atoms with Gasteiger partial charge in [-0.3, -0.25) is 0 Å². The van der Waals surface area contributed by atoms with E-state index in [1.54, 1.807) is 6.92 Å². The Bertz CT molecular complexity index is 474. The molecule has 0 atom stereocenters. The van der Waals surface area contributed by atoms with Crippen molar-refractivity contribution in [2.45, 2.75) is 20.2 Å². The average molecular weight is 279 g/mol. The van der Waals surface area contributed by atoms with Crippen LogP contribution in [0, 0.1) is 6.92 Å². The van der Waals surface area contributed by atoms with Crippen LogP contribution in [-0.2, 0) is 4.74 Å². The maximum atomic E-state index is 12.2. The molecule has 1 rings (SSSR count). The first-order valence-electron chi connectivity index (χ1n) is 5.27. The van der Waals surface area contributed by atoms with Crippen molar-refractivity contribution in [3.05, 3.63) is 17.3 Å². The molecule has 19 heavy (non-hydrogen) atoms. The molecular formula is C11H12F3NO4. The first-order chi connectivity index (χ1) is 8.78. The van der Waals surface area contributed by atoms with E-state index in [1.807, 2.05) is 0 Å². The van der Waals surface area contributed by atoms with E-state index in [0.29, 0.717) is 0 Å². The zero-order chi connectivity index (χ0) is 14.6. The summed E-state index contributed by atoms with van der Waals surface area (Å²) in [6, 6.07) is 1.02. The van der Waals surface area contributed by atoms with Crippen LogP contribution in [0.3, 0.4) is 0 Å². The number of hydrogen-bond acceptors (Lipinski definition) is 5. The number of pyridine rings is 1. The quantitative estimate of drug-likeness (QED) is 0.792. The van der Waals surface area contributed by atoms with Gasteiger partial charge in [0.05, 0.1) is 13.7 Å². The topological polar surface area (TPSA) is 57.7 Å². The molecular weight excluding hydrogens is 267 g/mol. The minimum atomic E-state index is -4.87. The number of hydrogen-bond donors (Lipinski definition) is 0. The van der Waals surface area contributed by atoms with Gasteiger partial charge in [0.15, 0.2) is 11.4 Å². The Balaban J connectivity index is 3.17. The summed E-state index contributed by atoms with van der Waals surface area (Å²) in [4.78, 5) is 15.2. The van der Waals surface area contributed by atoms with Gasteiger partial charge in [0.1, 0.15) is 0 Å². The zero-order valence-corrected chi connectivity index (χ0v) is 10.5. The van der Waals surface area contributed by atoms with Crippen LogP contribution in [0.25, 0.3) is 0 Å². The van der Waals surface area contributed by atoms with Gasteiger partial charge in [0, 0.05) is 0 Å². The minimum absolute atomic E-state index is 0.117. The predicted octanol–water partition coefficient (Wildman–Crippen LogP) is 2.47. The van der Waals surface area contributed by atoms with Crippen molar-refractivity contribution in [3.63, 3.8) is 0 Å². The SMILES string of the molecule is CCOC(=O)c1nc(OC)c(OC(F)(F)F)cc1C. The number of halogens is 3. The normalized spacial score (nSPS) is 11.1. The molecule has 1 aromatic rings. The lowest BCUT2D eigenvalue weighted by molar-refractivity contribution is -0.275. The number of nitrogens with zero attached hydrogens (tertiary/aromatic N) is 1. The fraction of sp³-hybridized carbons (Fsp3) is 0.455. The molecule has 0 unspecified atom stereocenters. The summed E-state index contributed by atoms with van der Waals surface area (Å²) in [6.07, 6.45) is -4.87. The van der Waals surface area contributed by atoms with Gasteiger partial charge in [-0.15, -0.1) is 13.2 Å². The van der Waals surface area contributed by atoms with E-state index in [2.05, 4.69) is 14.5 Å². The Kier molecular flexibility index (Phi) is 4.57. The van der Waals surface area contributed by atoms with Crippen LogP contribution in [0.5, 0.6) is 11.6 Å². The molecule has 0 bridgehead atoms. The van der Waals surface area contributed by atoms with Crippen LogP contribution < -0.4 is 9.47 Å².